The molecule has 1 heterocycles. The van der Waals surface area contributed by atoms with Crippen molar-refractivity contribution in [3.63, 3.8) is 0 Å². The number of benzene rings is 1. The molecule has 1 aliphatic heterocycles. The smallest absolute Gasteiger partial charge is 0.119 e. The van der Waals surface area contributed by atoms with Gasteiger partial charge >= 0.3 is 0 Å². The summed E-state index contributed by atoms with van der Waals surface area (Å²) in [6.07, 6.45) is 2.67. The van der Waals surface area contributed by atoms with Gasteiger partial charge in [0.05, 0.1) is 0 Å². The molecular formula is C12H18N2OS. The molecule has 0 radical (unpaired) electrons. The Hall–Kier alpha value is -0.870. The first-order valence-corrected chi connectivity index (χ1v) is 6.18. The zero-order chi connectivity index (χ0) is 11.2. The lowest BCUT2D eigenvalue weighted by atomic mass is 10.3. The molecule has 3 nitrogen and oxygen atoms in total. The van der Waals surface area contributed by atoms with E-state index in [1.807, 2.05) is 24.3 Å². The van der Waals surface area contributed by atoms with Crippen LogP contribution in [0.15, 0.2) is 24.3 Å². The van der Waals surface area contributed by atoms with E-state index >= 15 is 0 Å². The molecule has 0 bridgehead atoms. The fourth-order valence-electron chi connectivity index (χ4n) is 1.92. The van der Waals surface area contributed by atoms with E-state index < -0.39 is 0 Å². The second-order valence-corrected chi connectivity index (χ2v) is 4.26. The van der Waals surface area contributed by atoms with Crippen molar-refractivity contribution in [1.29, 1.82) is 0 Å². The largest absolute Gasteiger partial charge is 0.492 e. The SMILES string of the molecule is SNc1ccc(OCCN2CCCC2)cc1. The van der Waals surface area contributed by atoms with Crippen molar-refractivity contribution in [2.45, 2.75) is 12.8 Å². The van der Waals surface area contributed by atoms with Gasteiger partial charge < -0.3 is 9.46 Å². The Morgan fingerprint density at radius 3 is 2.50 bits per heavy atom. The maximum absolute atomic E-state index is 5.67. The van der Waals surface area contributed by atoms with Crippen LogP contribution in [0.3, 0.4) is 0 Å². The fraction of sp³-hybridized carbons (Fsp3) is 0.500. The highest BCUT2D eigenvalue weighted by atomic mass is 32.1. The number of nitrogens with zero attached hydrogens (tertiary/aromatic N) is 1. The van der Waals surface area contributed by atoms with Gasteiger partial charge in [0.25, 0.3) is 0 Å². The number of hydrogen-bond donors (Lipinski definition) is 2. The third-order valence-electron chi connectivity index (χ3n) is 2.86. The standard InChI is InChI=1S/C12H18N2OS/c16-13-11-3-5-12(6-4-11)15-10-9-14-7-1-2-8-14/h3-6,13,16H,1-2,7-10H2. The highest BCUT2D eigenvalue weighted by molar-refractivity contribution is 7.81. The second kappa shape index (κ2) is 6.01. The van der Waals surface area contributed by atoms with E-state index in [1.165, 1.54) is 25.9 Å². The summed E-state index contributed by atoms with van der Waals surface area (Å²) in [5.74, 6) is 0.923. The van der Waals surface area contributed by atoms with Crippen molar-refractivity contribution in [2.75, 3.05) is 31.0 Å². The minimum Gasteiger partial charge on any atom is -0.492 e. The van der Waals surface area contributed by atoms with Crippen LogP contribution in [0.25, 0.3) is 0 Å². The molecule has 0 unspecified atom stereocenters. The molecule has 4 heteroatoms. The Bertz CT molecular complexity index is 309. The number of ether oxygens (including phenoxy) is 1. The second-order valence-electron chi connectivity index (χ2n) is 4.03. The van der Waals surface area contributed by atoms with Crippen molar-refractivity contribution < 1.29 is 4.74 Å². The van der Waals surface area contributed by atoms with Gasteiger partial charge in [-0.25, -0.2) is 0 Å². The average Bonchev–Trinajstić information content (AvgIpc) is 2.83. The third-order valence-corrected chi connectivity index (χ3v) is 3.12. The van der Waals surface area contributed by atoms with Crippen molar-refractivity contribution >= 4 is 18.5 Å². The average molecular weight is 238 g/mol. The zero-order valence-corrected chi connectivity index (χ0v) is 10.2. The van der Waals surface area contributed by atoms with Crippen molar-refractivity contribution in [1.82, 2.24) is 4.90 Å². The quantitative estimate of drug-likeness (QED) is 0.771. The predicted octanol–water partition coefficient (Wildman–Crippen LogP) is 2.42. The molecule has 1 saturated heterocycles. The van der Waals surface area contributed by atoms with Gasteiger partial charge in [0.1, 0.15) is 12.4 Å². The molecule has 2 rings (SSSR count). The van der Waals surface area contributed by atoms with Gasteiger partial charge in [-0.1, -0.05) is 12.8 Å². The first-order chi connectivity index (χ1) is 7.88. The van der Waals surface area contributed by atoms with Crippen LogP contribution in [0.1, 0.15) is 12.8 Å². The Morgan fingerprint density at radius 2 is 1.88 bits per heavy atom. The van der Waals surface area contributed by atoms with Crippen LogP contribution in [0.5, 0.6) is 5.75 Å². The Balaban J connectivity index is 1.71. The summed E-state index contributed by atoms with van der Waals surface area (Å²) in [6.45, 7) is 4.26. The van der Waals surface area contributed by atoms with Crippen LogP contribution in [-0.2, 0) is 0 Å². The van der Waals surface area contributed by atoms with Crippen LogP contribution < -0.4 is 9.46 Å². The van der Waals surface area contributed by atoms with Gasteiger partial charge in [-0.15, -0.1) is 0 Å². The number of likely N-dealkylation sites (tertiary alicyclic amines) is 1. The summed E-state index contributed by atoms with van der Waals surface area (Å²) >= 11 is 3.98. The molecule has 0 aromatic heterocycles. The highest BCUT2D eigenvalue weighted by Crippen LogP contribution is 2.16. The number of rotatable bonds is 5. The molecule has 0 atom stereocenters. The first-order valence-electron chi connectivity index (χ1n) is 5.74. The van der Waals surface area contributed by atoms with Crippen molar-refractivity contribution in [3.8, 4) is 5.75 Å². The lowest BCUT2D eigenvalue weighted by molar-refractivity contribution is 0.238. The fourth-order valence-corrected chi connectivity index (χ4v) is 2.07. The van der Waals surface area contributed by atoms with E-state index in [9.17, 15) is 0 Å². The summed E-state index contributed by atoms with van der Waals surface area (Å²) in [7, 11) is 0. The molecule has 1 aliphatic rings. The monoisotopic (exact) mass is 238 g/mol. The van der Waals surface area contributed by atoms with E-state index in [1.54, 1.807) is 0 Å². The van der Waals surface area contributed by atoms with Gasteiger partial charge in [-0.2, -0.15) is 0 Å². The summed E-state index contributed by atoms with van der Waals surface area (Å²) in [6, 6.07) is 7.83. The third kappa shape index (κ3) is 3.32. The number of hydrogen-bond acceptors (Lipinski definition) is 4. The van der Waals surface area contributed by atoms with Crippen LogP contribution in [-0.4, -0.2) is 31.1 Å². The first kappa shape index (κ1) is 11.6. The van der Waals surface area contributed by atoms with E-state index in [0.29, 0.717) is 0 Å². The van der Waals surface area contributed by atoms with Crippen LogP contribution in [0, 0.1) is 0 Å². The minimum absolute atomic E-state index is 0.771. The minimum atomic E-state index is 0.771. The van der Waals surface area contributed by atoms with Gasteiger partial charge in [0.2, 0.25) is 0 Å². The van der Waals surface area contributed by atoms with Gasteiger partial charge in [-0.05, 0) is 50.2 Å². The summed E-state index contributed by atoms with van der Waals surface area (Å²) < 4.78 is 8.46. The number of nitrogens with one attached hydrogen (secondary N) is 1. The van der Waals surface area contributed by atoms with Crippen molar-refractivity contribution in [3.05, 3.63) is 24.3 Å². The van der Waals surface area contributed by atoms with Crippen molar-refractivity contribution in [2.24, 2.45) is 0 Å². The van der Waals surface area contributed by atoms with Gasteiger partial charge in [0.15, 0.2) is 0 Å². The maximum Gasteiger partial charge on any atom is 0.119 e. The molecule has 1 N–H and O–H groups in total. The molecule has 1 aromatic carbocycles. The summed E-state index contributed by atoms with van der Waals surface area (Å²) in [5, 5.41) is 0. The molecule has 0 spiro atoms. The molecule has 1 aromatic rings. The topological polar surface area (TPSA) is 24.5 Å². The normalized spacial score (nSPS) is 16.3. The lowest BCUT2D eigenvalue weighted by Gasteiger charge is -2.14. The molecule has 0 amide bonds. The molecule has 1 fully saturated rings. The Labute approximate surface area is 102 Å². The summed E-state index contributed by atoms with van der Waals surface area (Å²) in [5.41, 5.74) is 0.982. The highest BCUT2D eigenvalue weighted by Gasteiger charge is 2.10. The van der Waals surface area contributed by atoms with Gasteiger partial charge in [0, 0.05) is 12.2 Å². The number of anilines is 1. The van der Waals surface area contributed by atoms with Gasteiger partial charge in [-0.3, -0.25) is 4.90 Å². The molecule has 0 aliphatic carbocycles. The van der Waals surface area contributed by atoms with Crippen LogP contribution in [0.4, 0.5) is 5.69 Å². The maximum atomic E-state index is 5.67. The van der Waals surface area contributed by atoms with E-state index in [-0.39, 0.29) is 0 Å². The van der Waals surface area contributed by atoms with E-state index in [2.05, 4.69) is 22.4 Å². The molecule has 88 valence electrons. The van der Waals surface area contributed by atoms with E-state index in [0.717, 1.165) is 24.6 Å². The zero-order valence-electron chi connectivity index (χ0n) is 9.35. The predicted molar refractivity (Wildman–Crippen MR) is 70.2 cm³/mol. The molecule has 0 saturated carbocycles. The van der Waals surface area contributed by atoms with Crippen LogP contribution >= 0.6 is 12.8 Å². The lowest BCUT2D eigenvalue weighted by Crippen LogP contribution is -2.25. The molecular weight excluding hydrogens is 220 g/mol. The van der Waals surface area contributed by atoms with E-state index in [4.69, 9.17) is 4.74 Å². The Morgan fingerprint density at radius 1 is 1.19 bits per heavy atom. The Kier molecular flexibility index (Phi) is 4.36. The molecule has 16 heavy (non-hydrogen) atoms. The van der Waals surface area contributed by atoms with Crippen LogP contribution in [0.2, 0.25) is 0 Å². The number of thiol groups is 1. The summed E-state index contributed by atoms with van der Waals surface area (Å²) in [4.78, 5) is 2.45.